The third kappa shape index (κ3) is 3.04. The Labute approximate surface area is 101 Å². The average Bonchev–Trinajstić information content (AvgIpc) is 2.31. The standard InChI is InChI=1S/C13H13IN/c15-10-11-6-8-13(9-7-11)14-12-4-2-1-3-5-12/h1-9H,10,15H2/q-1. The molecule has 78 valence electrons. The summed E-state index contributed by atoms with van der Waals surface area (Å²) >= 11 is -0.0302. The number of halogens is 1. The average molecular weight is 310 g/mol. The van der Waals surface area contributed by atoms with Crippen molar-refractivity contribution in [1.29, 1.82) is 0 Å². The zero-order chi connectivity index (χ0) is 10.5. The second-order valence-corrected chi connectivity index (χ2v) is 6.25. The normalized spacial score (nSPS) is 10.5. The first-order valence-electron chi connectivity index (χ1n) is 4.87. The molecular formula is C13H13IN-. The molecule has 1 nitrogen and oxygen atoms in total. The molecule has 0 heterocycles. The van der Waals surface area contributed by atoms with Gasteiger partial charge < -0.3 is 0 Å². The molecule has 0 atom stereocenters. The molecule has 2 rings (SSSR count). The zero-order valence-electron chi connectivity index (χ0n) is 8.36. The Morgan fingerprint density at radius 3 is 2.00 bits per heavy atom. The summed E-state index contributed by atoms with van der Waals surface area (Å²) in [6, 6.07) is 19.3. The molecule has 0 aromatic heterocycles. The van der Waals surface area contributed by atoms with Crippen molar-refractivity contribution in [1.82, 2.24) is 0 Å². The summed E-state index contributed by atoms with van der Waals surface area (Å²) in [5.74, 6) is 0. The molecule has 0 bridgehead atoms. The van der Waals surface area contributed by atoms with Crippen LogP contribution in [0.4, 0.5) is 0 Å². The van der Waals surface area contributed by atoms with E-state index in [2.05, 4.69) is 54.6 Å². The van der Waals surface area contributed by atoms with Crippen LogP contribution in [0.1, 0.15) is 5.56 Å². The molecule has 2 heteroatoms. The van der Waals surface area contributed by atoms with Gasteiger partial charge in [0.2, 0.25) is 0 Å². The van der Waals surface area contributed by atoms with E-state index in [1.165, 1.54) is 12.7 Å². The van der Waals surface area contributed by atoms with Gasteiger partial charge in [-0.25, -0.2) is 0 Å². The molecule has 2 N–H and O–H groups in total. The molecule has 2 aromatic rings. The summed E-state index contributed by atoms with van der Waals surface area (Å²) in [6.45, 7) is 0.629. The van der Waals surface area contributed by atoms with E-state index in [9.17, 15) is 0 Å². The second kappa shape index (κ2) is 5.28. The summed E-state index contributed by atoms with van der Waals surface area (Å²) in [5, 5.41) is 0. The van der Waals surface area contributed by atoms with Gasteiger partial charge in [-0.2, -0.15) is 0 Å². The molecule has 0 fully saturated rings. The number of benzene rings is 2. The predicted molar refractivity (Wildman–Crippen MR) is 58.2 cm³/mol. The third-order valence-electron chi connectivity index (χ3n) is 2.10. The minimum atomic E-state index is -0.0302. The summed E-state index contributed by atoms with van der Waals surface area (Å²) in [5.41, 5.74) is 6.77. The molecule has 0 aliphatic heterocycles. The Bertz CT molecular complexity index is 408. The van der Waals surface area contributed by atoms with E-state index in [-0.39, 0.29) is 21.2 Å². The number of nitrogens with two attached hydrogens (primary N) is 1. The maximum atomic E-state index is 5.56. The Kier molecular flexibility index (Phi) is 3.75. The molecule has 0 saturated carbocycles. The fourth-order valence-electron chi connectivity index (χ4n) is 1.29. The molecule has 0 amide bonds. The van der Waals surface area contributed by atoms with E-state index in [0.29, 0.717) is 6.54 Å². The predicted octanol–water partition coefficient (Wildman–Crippen LogP) is -0.726. The van der Waals surface area contributed by atoms with E-state index >= 15 is 0 Å². The number of hydrogen-bond acceptors (Lipinski definition) is 1. The van der Waals surface area contributed by atoms with E-state index in [1.807, 2.05) is 0 Å². The van der Waals surface area contributed by atoms with Crippen molar-refractivity contribution < 1.29 is 21.2 Å². The topological polar surface area (TPSA) is 26.0 Å². The summed E-state index contributed by atoms with van der Waals surface area (Å²) in [6.07, 6.45) is 0. The van der Waals surface area contributed by atoms with Gasteiger partial charge >= 0.3 is 101 Å². The van der Waals surface area contributed by atoms with Crippen LogP contribution in [0.3, 0.4) is 0 Å². The minimum absolute atomic E-state index is 0.0302. The Balaban J connectivity index is 2.11. The summed E-state index contributed by atoms with van der Waals surface area (Å²) in [4.78, 5) is 0. The van der Waals surface area contributed by atoms with Gasteiger partial charge in [-0.05, 0) is 0 Å². The Hall–Kier alpha value is -0.870. The third-order valence-corrected chi connectivity index (χ3v) is 4.78. The van der Waals surface area contributed by atoms with Crippen LogP contribution in [0, 0.1) is 7.14 Å². The first-order chi connectivity index (χ1) is 7.38. The molecule has 0 aliphatic carbocycles. The number of hydrogen-bond donors (Lipinski definition) is 1. The molecule has 0 radical (unpaired) electrons. The van der Waals surface area contributed by atoms with Gasteiger partial charge in [0, 0.05) is 0 Å². The molecule has 0 aliphatic rings. The van der Waals surface area contributed by atoms with Crippen molar-refractivity contribution in [3.05, 3.63) is 67.3 Å². The molecule has 2 aromatic carbocycles. The first kappa shape index (κ1) is 10.6. The van der Waals surface area contributed by atoms with Gasteiger partial charge in [0.25, 0.3) is 0 Å². The van der Waals surface area contributed by atoms with Crippen molar-refractivity contribution in [3.63, 3.8) is 0 Å². The van der Waals surface area contributed by atoms with Gasteiger partial charge in [0.15, 0.2) is 0 Å². The van der Waals surface area contributed by atoms with E-state index in [0.717, 1.165) is 0 Å². The van der Waals surface area contributed by atoms with Gasteiger partial charge in [0.05, 0.1) is 0 Å². The van der Waals surface area contributed by atoms with Crippen LogP contribution in [0.2, 0.25) is 0 Å². The van der Waals surface area contributed by atoms with Crippen LogP contribution in [-0.4, -0.2) is 0 Å². The van der Waals surface area contributed by atoms with Crippen molar-refractivity contribution in [2.75, 3.05) is 0 Å². The fourth-order valence-corrected chi connectivity index (χ4v) is 3.50. The van der Waals surface area contributed by atoms with E-state index < -0.39 is 0 Å². The van der Waals surface area contributed by atoms with Gasteiger partial charge in [0.1, 0.15) is 0 Å². The van der Waals surface area contributed by atoms with Crippen LogP contribution in [0.5, 0.6) is 0 Å². The van der Waals surface area contributed by atoms with Crippen molar-refractivity contribution in [2.24, 2.45) is 5.73 Å². The van der Waals surface area contributed by atoms with E-state index in [4.69, 9.17) is 5.73 Å². The van der Waals surface area contributed by atoms with Crippen LogP contribution < -0.4 is 26.9 Å². The molecule has 0 saturated heterocycles. The van der Waals surface area contributed by atoms with Crippen molar-refractivity contribution >= 4 is 0 Å². The van der Waals surface area contributed by atoms with Crippen molar-refractivity contribution in [2.45, 2.75) is 6.54 Å². The van der Waals surface area contributed by atoms with Crippen LogP contribution in [0.15, 0.2) is 54.6 Å². The second-order valence-electron chi connectivity index (χ2n) is 3.22. The molecule has 0 spiro atoms. The van der Waals surface area contributed by atoms with Gasteiger partial charge in [-0.3, -0.25) is 0 Å². The fraction of sp³-hybridized carbons (Fsp3) is 0.0769. The van der Waals surface area contributed by atoms with Crippen LogP contribution in [0.25, 0.3) is 0 Å². The quantitative estimate of drug-likeness (QED) is 0.744. The SMILES string of the molecule is NCc1ccc([I-]c2ccccc2)cc1. The van der Waals surface area contributed by atoms with Gasteiger partial charge in [-0.15, -0.1) is 0 Å². The van der Waals surface area contributed by atoms with Crippen molar-refractivity contribution in [3.8, 4) is 0 Å². The molecule has 15 heavy (non-hydrogen) atoms. The molecular weight excluding hydrogens is 297 g/mol. The Morgan fingerprint density at radius 2 is 1.40 bits per heavy atom. The summed E-state index contributed by atoms with van der Waals surface area (Å²) in [7, 11) is 0. The first-order valence-corrected chi connectivity index (χ1v) is 7.03. The molecule has 0 unspecified atom stereocenters. The van der Waals surface area contributed by atoms with Gasteiger partial charge in [-0.1, -0.05) is 0 Å². The van der Waals surface area contributed by atoms with Crippen LogP contribution in [-0.2, 0) is 6.54 Å². The summed E-state index contributed by atoms with van der Waals surface area (Å²) < 4.78 is 2.90. The number of rotatable bonds is 3. The zero-order valence-corrected chi connectivity index (χ0v) is 10.5. The van der Waals surface area contributed by atoms with E-state index in [1.54, 1.807) is 0 Å². The maximum absolute atomic E-state index is 5.56. The monoisotopic (exact) mass is 310 g/mol. The van der Waals surface area contributed by atoms with Crippen LogP contribution >= 0.6 is 0 Å². The Morgan fingerprint density at radius 1 is 0.800 bits per heavy atom.